The number of aromatic amines is 1. The largest absolute Gasteiger partial charge is 0.507 e. The molecule has 0 aliphatic heterocycles. The van der Waals surface area contributed by atoms with Crippen LogP contribution in [-0.2, 0) is 16.0 Å². The lowest BCUT2D eigenvalue weighted by molar-refractivity contribution is -0.147. The van der Waals surface area contributed by atoms with Gasteiger partial charge < -0.3 is 19.9 Å². The molecule has 3 N–H and O–H groups in total. The van der Waals surface area contributed by atoms with E-state index >= 15 is 0 Å². The van der Waals surface area contributed by atoms with E-state index in [2.05, 4.69) is 4.98 Å². The maximum atomic E-state index is 13.2. The molecule has 4 rings (SSSR count). The number of esters is 1. The first-order valence-corrected chi connectivity index (χ1v) is 11.0. The Bertz CT molecular complexity index is 1320. The van der Waals surface area contributed by atoms with Gasteiger partial charge in [0.1, 0.15) is 17.6 Å². The SMILES string of the molecule is CC(C)=CC[C@@H](OC(=O)CCc1cc2ccccc2[nH]1)C1=CC(=O)c2c(O)ccc(O)c2C1=O. The quantitative estimate of drug-likeness (QED) is 0.266. The number of phenolic OH excluding ortho intramolecular Hbond substituents is 2. The number of ether oxygens (including phenoxy) is 1. The predicted octanol–water partition coefficient (Wildman–Crippen LogP) is 4.79. The zero-order valence-electron chi connectivity index (χ0n) is 18.9. The van der Waals surface area contributed by atoms with Crippen molar-refractivity contribution in [3.8, 4) is 11.5 Å². The summed E-state index contributed by atoms with van der Waals surface area (Å²) >= 11 is 0. The number of aromatic nitrogens is 1. The number of benzene rings is 2. The molecule has 1 aliphatic rings. The van der Waals surface area contributed by atoms with Crippen LogP contribution in [0.3, 0.4) is 0 Å². The van der Waals surface area contributed by atoms with Crippen molar-refractivity contribution in [3.63, 3.8) is 0 Å². The summed E-state index contributed by atoms with van der Waals surface area (Å²) in [6.07, 6.45) is 2.59. The van der Waals surface area contributed by atoms with Crippen molar-refractivity contribution in [3.05, 3.63) is 82.6 Å². The topological polar surface area (TPSA) is 117 Å². The second-order valence-corrected chi connectivity index (χ2v) is 8.52. The summed E-state index contributed by atoms with van der Waals surface area (Å²) in [5.41, 5.74) is 2.26. The molecule has 0 spiro atoms. The van der Waals surface area contributed by atoms with Crippen LogP contribution in [0.5, 0.6) is 11.5 Å². The van der Waals surface area contributed by atoms with Gasteiger partial charge in [0.15, 0.2) is 11.6 Å². The van der Waals surface area contributed by atoms with Gasteiger partial charge in [0.25, 0.3) is 0 Å². The summed E-state index contributed by atoms with van der Waals surface area (Å²) in [5, 5.41) is 21.3. The second kappa shape index (κ2) is 9.39. The Morgan fingerprint density at radius 1 is 1.06 bits per heavy atom. The van der Waals surface area contributed by atoms with Gasteiger partial charge in [-0.3, -0.25) is 14.4 Å². The number of Topliss-reactive ketones (excluding diaryl/α,β-unsaturated/α-hetero) is 1. The van der Waals surface area contributed by atoms with Crippen LogP contribution < -0.4 is 0 Å². The van der Waals surface area contributed by atoms with Crippen molar-refractivity contribution in [2.75, 3.05) is 0 Å². The molecule has 0 unspecified atom stereocenters. The minimum absolute atomic E-state index is 0.0325. The van der Waals surface area contributed by atoms with Gasteiger partial charge in [-0.05, 0) is 56.0 Å². The lowest BCUT2D eigenvalue weighted by Gasteiger charge is -2.23. The number of carbonyl (C=O) groups is 3. The highest BCUT2D eigenvalue weighted by molar-refractivity contribution is 6.27. The van der Waals surface area contributed by atoms with Crippen molar-refractivity contribution in [1.82, 2.24) is 4.98 Å². The summed E-state index contributed by atoms with van der Waals surface area (Å²) in [7, 11) is 0. The van der Waals surface area contributed by atoms with E-state index in [1.807, 2.05) is 50.3 Å². The molecule has 0 fully saturated rings. The molecule has 34 heavy (non-hydrogen) atoms. The Kier molecular flexibility index (Phi) is 6.36. The minimum atomic E-state index is -1.00. The first-order valence-electron chi connectivity index (χ1n) is 11.0. The third-order valence-electron chi connectivity index (χ3n) is 5.73. The fourth-order valence-corrected chi connectivity index (χ4v) is 4.03. The highest BCUT2D eigenvalue weighted by Gasteiger charge is 2.35. The van der Waals surface area contributed by atoms with Gasteiger partial charge in [-0.1, -0.05) is 29.8 Å². The normalized spacial score (nSPS) is 13.9. The monoisotopic (exact) mass is 459 g/mol. The number of hydrogen-bond donors (Lipinski definition) is 3. The number of H-pyrrole nitrogens is 1. The van der Waals surface area contributed by atoms with Crippen LogP contribution in [0.25, 0.3) is 10.9 Å². The first-order chi connectivity index (χ1) is 16.2. The van der Waals surface area contributed by atoms with Crippen LogP contribution in [0.4, 0.5) is 0 Å². The fourth-order valence-electron chi connectivity index (χ4n) is 4.03. The number of phenols is 2. The number of allylic oxidation sites excluding steroid dienone is 2. The third kappa shape index (κ3) is 4.64. The van der Waals surface area contributed by atoms with E-state index in [0.29, 0.717) is 6.42 Å². The Morgan fingerprint density at radius 3 is 2.47 bits per heavy atom. The molecule has 0 amide bonds. The molecular formula is C27H25NO6. The number of hydrogen-bond acceptors (Lipinski definition) is 6. The van der Waals surface area contributed by atoms with E-state index in [4.69, 9.17) is 4.74 Å². The molecule has 1 aromatic heterocycles. The van der Waals surface area contributed by atoms with Crippen molar-refractivity contribution >= 4 is 28.4 Å². The molecule has 174 valence electrons. The molecule has 7 nitrogen and oxygen atoms in total. The van der Waals surface area contributed by atoms with E-state index in [1.54, 1.807) is 0 Å². The van der Waals surface area contributed by atoms with Crippen LogP contribution >= 0.6 is 0 Å². The summed E-state index contributed by atoms with van der Waals surface area (Å²) in [6, 6.07) is 12.1. The third-order valence-corrected chi connectivity index (χ3v) is 5.73. The molecule has 1 aliphatic carbocycles. The minimum Gasteiger partial charge on any atom is -0.507 e. The zero-order valence-corrected chi connectivity index (χ0v) is 18.9. The lowest BCUT2D eigenvalue weighted by Crippen LogP contribution is -2.29. The Morgan fingerprint density at radius 2 is 1.76 bits per heavy atom. The molecule has 0 radical (unpaired) electrons. The van der Waals surface area contributed by atoms with Crippen LogP contribution in [0.15, 0.2) is 65.8 Å². The van der Waals surface area contributed by atoms with Gasteiger partial charge in [0.05, 0.1) is 17.5 Å². The molecule has 1 atom stereocenters. The number of carbonyl (C=O) groups excluding carboxylic acids is 3. The molecule has 0 saturated heterocycles. The first kappa shape index (κ1) is 23.0. The smallest absolute Gasteiger partial charge is 0.306 e. The maximum Gasteiger partial charge on any atom is 0.306 e. The van der Waals surface area contributed by atoms with E-state index < -0.39 is 35.1 Å². The zero-order chi connectivity index (χ0) is 24.4. The van der Waals surface area contributed by atoms with Crippen molar-refractivity contribution in [1.29, 1.82) is 0 Å². The molecule has 3 aromatic rings. The molecule has 7 heteroatoms. The molecule has 0 saturated carbocycles. The number of nitrogens with one attached hydrogen (secondary N) is 1. The maximum absolute atomic E-state index is 13.2. The van der Waals surface area contributed by atoms with Gasteiger partial charge in [-0.15, -0.1) is 0 Å². The summed E-state index contributed by atoms with van der Waals surface area (Å²) in [4.78, 5) is 41.8. The van der Waals surface area contributed by atoms with E-state index in [1.165, 1.54) is 0 Å². The highest BCUT2D eigenvalue weighted by Crippen LogP contribution is 2.36. The van der Waals surface area contributed by atoms with Crippen LogP contribution in [0.1, 0.15) is 53.1 Å². The van der Waals surface area contributed by atoms with Gasteiger partial charge >= 0.3 is 5.97 Å². The average Bonchev–Trinajstić information content (AvgIpc) is 3.22. The van der Waals surface area contributed by atoms with E-state index in [9.17, 15) is 24.6 Å². The van der Waals surface area contributed by atoms with Crippen molar-refractivity contribution in [2.45, 2.75) is 39.2 Å². The van der Waals surface area contributed by atoms with Gasteiger partial charge in [0, 0.05) is 23.2 Å². The standard InChI is InChI=1S/C27H25NO6/c1-15(2)7-11-23(18-14-22(31)25-20(29)9-10-21(30)26(25)27(18)33)34-24(32)12-8-17-13-16-5-3-4-6-19(16)28-17/h3-7,9-10,13-14,23,28-30H,8,11-12H2,1-2H3/t23-/m1/s1. The summed E-state index contributed by atoms with van der Waals surface area (Å²) in [5.74, 6) is -2.61. The number of rotatable bonds is 7. The van der Waals surface area contributed by atoms with Crippen LogP contribution in [-0.4, -0.2) is 38.8 Å². The number of aromatic hydroxyl groups is 2. The molecule has 2 aromatic carbocycles. The highest BCUT2D eigenvalue weighted by atomic mass is 16.5. The van der Waals surface area contributed by atoms with Gasteiger partial charge in [-0.2, -0.15) is 0 Å². The van der Waals surface area contributed by atoms with Crippen LogP contribution in [0.2, 0.25) is 0 Å². The lowest BCUT2D eigenvalue weighted by atomic mass is 9.85. The fraction of sp³-hybridized carbons (Fsp3) is 0.222. The molecule has 1 heterocycles. The molecule has 0 bridgehead atoms. The summed E-state index contributed by atoms with van der Waals surface area (Å²) < 4.78 is 5.66. The van der Waals surface area contributed by atoms with Gasteiger partial charge in [-0.25, -0.2) is 0 Å². The average molecular weight is 459 g/mol. The number of fused-ring (bicyclic) bond motifs is 2. The number of ketones is 2. The predicted molar refractivity (Wildman–Crippen MR) is 127 cm³/mol. The molecular weight excluding hydrogens is 434 g/mol. The van der Waals surface area contributed by atoms with Crippen molar-refractivity contribution in [2.24, 2.45) is 0 Å². The van der Waals surface area contributed by atoms with E-state index in [-0.39, 0.29) is 29.5 Å². The number of para-hydroxylation sites is 1. The number of aryl methyl sites for hydroxylation is 1. The van der Waals surface area contributed by atoms with Crippen LogP contribution in [0, 0.1) is 0 Å². The Balaban J connectivity index is 1.55. The van der Waals surface area contributed by atoms with Gasteiger partial charge in [0.2, 0.25) is 0 Å². The Hall–Kier alpha value is -4.13. The van der Waals surface area contributed by atoms with Crippen molar-refractivity contribution < 1.29 is 29.3 Å². The Labute approximate surface area is 196 Å². The van der Waals surface area contributed by atoms with E-state index in [0.717, 1.165) is 40.4 Å². The second-order valence-electron chi connectivity index (χ2n) is 8.52. The summed E-state index contributed by atoms with van der Waals surface area (Å²) in [6.45, 7) is 3.74.